The number of piperidine rings is 1. The van der Waals surface area contributed by atoms with Crippen LogP contribution in [0.5, 0.6) is 0 Å². The quantitative estimate of drug-likeness (QED) is 0.768. The van der Waals surface area contributed by atoms with Gasteiger partial charge in [0.1, 0.15) is 0 Å². The summed E-state index contributed by atoms with van der Waals surface area (Å²) in [5.41, 5.74) is 0. The molecule has 6 heteroatoms. The Labute approximate surface area is 104 Å². The molecule has 0 saturated carbocycles. The van der Waals surface area contributed by atoms with Gasteiger partial charge in [-0.05, 0) is 18.3 Å². The van der Waals surface area contributed by atoms with E-state index < -0.39 is 10.2 Å². The topological polar surface area (TPSA) is 52.7 Å². The molecule has 2 fully saturated rings. The summed E-state index contributed by atoms with van der Waals surface area (Å²) in [7, 11) is -3.22. The SMILES string of the molecule is C[C@H]1C[C@H](C)CN(S(=O)(=O)N2CCNCC2)C1. The Hall–Kier alpha value is -0.170. The molecule has 0 aromatic heterocycles. The number of rotatable bonds is 2. The van der Waals surface area contributed by atoms with Gasteiger partial charge in [-0.1, -0.05) is 13.8 Å². The highest BCUT2D eigenvalue weighted by atomic mass is 32.2. The molecule has 5 nitrogen and oxygen atoms in total. The fourth-order valence-electron chi connectivity index (χ4n) is 2.83. The summed E-state index contributed by atoms with van der Waals surface area (Å²) in [5, 5.41) is 3.18. The molecule has 0 aromatic carbocycles. The number of nitrogens with zero attached hydrogens (tertiary/aromatic N) is 2. The Morgan fingerprint density at radius 2 is 1.53 bits per heavy atom. The fraction of sp³-hybridized carbons (Fsp3) is 1.00. The van der Waals surface area contributed by atoms with Crippen LogP contribution in [0.2, 0.25) is 0 Å². The van der Waals surface area contributed by atoms with Gasteiger partial charge in [-0.25, -0.2) is 0 Å². The third kappa shape index (κ3) is 2.99. The Morgan fingerprint density at radius 3 is 2.06 bits per heavy atom. The van der Waals surface area contributed by atoms with E-state index >= 15 is 0 Å². The highest BCUT2D eigenvalue weighted by molar-refractivity contribution is 7.86. The van der Waals surface area contributed by atoms with E-state index in [-0.39, 0.29) is 0 Å². The van der Waals surface area contributed by atoms with Gasteiger partial charge in [-0.2, -0.15) is 17.0 Å². The second-order valence-corrected chi connectivity index (χ2v) is 7.35. The lowest BCUT2D eigenvalue weighted by molar-refractivity contribution is 0.205. The van der Waals surface area contributed by atoms with Crippen molar-refractivity contribution in [3.05, 3.63) is 0 Å². The van der Waals surface area contributed by atoms with Crippen LogP contribution in [0.25, 0.3) is 0 Å². The Morgan fingerprint density at radius 1 is 1.00 bits per heavy atom. The van der Waals surface area contributed by atoms with Crippen LogP contribution in [0, 0.1) is 11.8 Å². The van der Waals surface area contributed by atoms with Crippen molar-refractivity contribution in [1.29, 1.82) is 0 Å². The summed E-state index contributed by atoms with van der Waals surface area (Å²) >= 11 is 0. The minimum Gasteiger partial charge on any atom is -0.314 e. The maximum Gasteiger partial charge on any atom is 0.282 e. The minimum absolute atomic E-state index is 0.469. The normalized spacial score (nSPS) is 33.8. The van der Waals surface area contributed by atoms with E-state index in [0.717, 1.165) is 19.5 Å². The molecule has 2 aliphatic heterocycles. The van der Waals surface area contributed by atoms with Crippen molar-refractivity contribution < 1.29 is 8.42 Å². The van der Waals surface area contributed by atoms with E-state index in [2.05, 4.69) is 19.2 Å². The largest absolute Gasteiger partial charge is 0.314 e. The lowest BCUT2D eigenvalue weighted by atomic mass is 9.94. The van der Waals surface area contributed by atoms with Crippen molar-refractivity contribution in [2.24, 2.45) is 11.8 Å². The molecule has 2 saturated heterocycles. The first-order chi connectivity index (χ1) is 8.00. The lowest BCUT2D eigenvalue weighted by Gasteiger charge is -2.38. The van der Waals surface area contributed by atoms with Crippen LogP contribution >= 0.6 is 0 Å². The summed E-state index contributed by atoms with van der Waals surface area (Å²) in [6, 6.07) is 0. The summed E-state index contributed by atoms with van der Waals surface area (Å²) in [6.07, 6.45) is 1.13. The Kier molecular flexibility index (Phi) is 4.07. The molecule has 0 radical (unpaired) electrons. The molecule has 0 spiro atoms. The summed E-state index contributed by atoms with van der Waals surface area (Å²) in [4.78, 5) is 0. The van der Waals surface area contributed by atoms with Gasteiger partial charge in [0.2, 0.25) is 0 Å². The van der Waals surface area contributed by atoms with Gasteiger partial charge >= 0.3 is 0 Å². The molecule has 17 heavy (non-hydrogen) atoms. The van der Waals surface area contributed by atoms with E-state index in [4.69, 9.17) is 0 Å². The molecule has 0 aliphatic carbocycles. The second kappa shape index (κ2) is 5.22. The molecule has 100 valence electrons. The first-order valence-electron chi connectivity index (χ1n) is 6.46. The first kappa shape index (κ1) is 13.3. The molecule has 0 unspecified atom stereocenters. The van der Waals surface area contributed by atoms with Crippen LogP contribution in [-0.2, 0) is 10.2 Å². The Bertz CT molecular complexity index is 342. The fourth-order valence-corrected chi connectivity index (χ4v) is 4.69. The molecule has 1 N–H and O–H groups in total. The molecule has 2 aliphatic rings. The van der Waals surface area contributed by atoms with Gasteiger partial charge in [-0.15, -0.1) is 0 Å². The van der Waals surface area contributed by atoms with Crippen molar-refractivity contribution in [3.63, 3.8) is 0 Å². The molecular formula is C11H23N3O2S. The van der Waals surface area contributed by atoms with E-state index in [0.29, 0.717) is 38.0 Å². The van der Waals surface area contributed by atoms with Gasteiger partial charge in [0.25, 0.3) is 10.2 Å². The summed E-state index contributed by atoms with van der Waals surface area (Å²) in [6.45, 7) is 8.35. The van der Waals surface area contributed by atoms with Gasteiger partial charge in [0.15, 0.2) is 0 Å². The van der Waals surface area contributed by atoms with Crippen molar-refractivity contribution in [2.75, 3.05) is 39.3 Å². The van der Waals surface area contributed by atoms with Gasteiger partial charge in [-0.3, -0.25) is 0 Å². The monoisotopic (exact) mass is 261 g/mol. The molecular weight excluding hydrogens is 238 g/mol. The summed E-state index contributed by atoms with van der Waals surface area (Å²) < 4.78 is 28.2. The maximum atomic E-state index is 12.5. The second-order valence-electron chi connectivity index (χ2n) is 5.42. The first-order valence-corrected chi connectivity index (χ1v) is 7.86. The number of hydrogen-bond acceptors (Lipinski definition) is 3. The highest BCUT2D eigenvalue weighted by Gasteiger charge is 2.35. The zero-order valence-corrected chi connectivity index (χ0v) is 11.5. The van der Waals surface area contributed by atoms with Gasteiger partial charge in [0.05, 0.1) is 0 Å². The van der Waals surface area contributed by atoms with E-state index in [1.165, 1.54) is 0 Å². The number of nitrogens with one attached hydrogen (secondary N) is 1. The van der Waals surface area contributed by atoms with Crippen molar-refractivity contribution >= 4 is 10.2 Å². The third-order valence-electron chi connectivity index (χ3n) is 3.56. The molecule has 2 rings (SSSR count). The van der Waals surface area contributed by atoms with Crippen LogP contribution in [0.4, 0.5) is 0 Å². The van der Waals surface area contributed by atoms with Crippen LogP contribution in [-0.4, -0.2) is 56.3 Å². The van der Waals surface area contributed by atoms with Crippen LogP contribution in [0.15, 0.2) is 0 Å². The van der Waals surface area contributed by atoms with E-state index in [9.17, 15) is 8.42 Å². The smallest absolute Gasteiger partial charge is 0.282 e. The maximum absolute atomic E-state index is 12.5. The predicted octanol–water partition coefficient (Wildman–Crippen LogP) is 0.114. The van der Waals surface area contributed by atoms with Crippen LogP contribution < -0.4 is 5.32 Å². The predicted molar refractivity (Wildman–Crippen MR) is 67.9 cm³/mol. The van der Waals surface area contributed by atoms with E-state index in [1.54, 1.807) is 8.61 Å². The molecule has 0 bridgehead atoms. The number of hydrogen-bond donors (Lipinski definition) is 1. The van der Waals surface area contributed by atoms with E-state index in [1.807, 2.05) is 0 Å². The molecule has 2 heterocycles. The molecule has 0 aromatic rings. The number of piperazine rings is 1. The van der Waals surface area contributed by atoms with Crippen LogP contribution in [0.3, 0.4) is 0 Å². The van der Waals surface area contributed by atoms with Crippen LogP contribution in [0.1, 0.15) is 20.3 Å². The highest BCUT2D eigenvalue weighted by Crippen LogP contribution is 2.24. The average Bonchev–Trinajstić information content (AvgIpc) is 2.29. The van der Waals surface area contributed by atoms with Gasteiger partial charge < -0.3 is 5.32 Å². The van der Waals surface area contributed by atoms with Crippen molar-refractivity contribution in [3.8, 4) is 0 Å². The lowest BCUT2D eigenvalue weighted by Crippen LogP contribution is -2.54. The zero-order valence-electron chi connectivity index (χ0n) is 10.7. The van der Waals surface area contributed by atoms with Crippen molar-refractivity contribution in [1.82, 2.24) is 13.9 Å². The minimum atomic E-state index is -3.22. The standard InChI is InChI=1S/C11H23N3O2S/c1-10-7-11(2)9-14(8-10)17(15,16)13-5-3-12-4-6-13/h10-12H,3-9H2,1-2H3/t10-,11-/m0/s1. The zero-order chi connectivity index (χ0) is 12.5. The average molecular weight is 261 g/mol. The third-order valence-corrected chi connectivity index (χ3v) is 5.53. The van der Waals surface area contributed by atoms with Gasteiger partial charge in [0, 0.05) is 39.3 Å². The molecule has 0 amide bonds. The summed E-state index contributed by atoms with van der Waals surface area (Å²) in [5.74, 6) is 0.938. The molecule has 2 atom stereocenters. The Balaban J connectivity index is 2.08. The van der Waals surface area contributed by atoms with Crippen molar-refractivity contribution in [2.45, 2.75) is 20.3 Å².